The van der Waals surface area contributed by atoms with Crippen LogP contribution in [-0.2, 0) is 11.3 Å². The van der Waals surface area contributed by atoms with E-state index in [9.17, 15) is 9.59 Å². The summed E-state index contributed by atoms with van der Waals surface area (Å²) in [5, 5.41) is 9.15. The molecule has 0 aliphatic heterocycles. The van der Waals surface area contributed by atoms with E-state index in [0.717, 1.165) is 31.6 Å². The van der Waals surface area contributed by atoms with Gasteiger partial charge in [0.1, 0.15) is 0 Å². The van der Waals surface area contributed by atoms with Crippen molar-refractivity contribution < 1.29 is 19.4 Å². The van der Waals surface area contributed by atoms with Crippen molar-refractivity contribution in [3.05, 3.63) is 65.7 Å². The van der Waals surface area contributed by atoms with Crippen molar-refractivity contribution in [1.82, 2.24) is 4.90 Å². The second kappa shape index (κ2) is 16.1. The van der Waals surface area contributed by atoms with Gasteiger partial charge in [0.25, 0.3) is 0 Å². The lowest BCUT2D eigenvalue weighted by Crippen LogP contribution is -2.32. The van der Waals surface area contributed by atoms with E-state index in [-0.39, 0.29) is 18.0 Å². The van der Waals surface area contributed by atoms with Gasteiger partial charge in [0.2, 0.25) is 0 Å². The smallest absolute Gasteiger partial charge is 0.414 e. The van der Waals surface area contributed by atoms with Gasteiger partial charge in [0, 0.05) is 12.2 Å². The van der Waals surface area contributed by atoms with Gasteiger partial charge in [-0.3, -0.25) is 4.90 Å². The van der Waals surface area contributed by atoms with Crippen LogP contribution in [-0.4, -0.2) is 48.3 Å². The van der Waals surface area contributed by atoms with Gasteiger partial charge in [0.15, 0.2) is 0 Å². The summed E-state index contributed by atoms with van der Waals surface area (Å²) in [5.74, 6) is -0.996. The van der Waals surface area contributed by atoms with Crippen molar-refractivity contribution in [3.63, 3.8) is 0 Å². The molecule has 0 saturated heterocycles. The number of amides is 1. The Balaban J connectivity index is 0.00000544. The molecule has 182 valence electrons. The molecule has 2 aromatic carbocycles. The molecule has 7 heteroatoms. The third-order valence-corrected chi connectivity index (χ3v) is 5.33. The van der Waals surface area contributed by atoms with E-state index < -0.39 is 12.1 Å². The number of rotatable bonds is 14. The van der Waals surface area contributed by atoms with Crippen molar-refractivity contribution >= 4 is 30.2 Å². The van der Waals surface area contributed by atoms with Crippen LogP contribution in [0.3, 0.4) is 0 Å². The number of carbonyl (C=O) groups excluding carboxylic acids is 1. The Morgan fingerprint density at radius 2 is 1.42 bits per heavy atom. The first-order valence-corrected chi connectivity index (χ1v) is 11.6. The Morgan fingerprint density at radius 1 is 0.848 bits per heavy atom. The number of carbonyl (C=O) groups is 2. The number of halogens is 1. The standard InChI is InChI=1S/C26H36N2O4.ClH/c1-3-5-17-27(18-6-4-2)19-10-20-32-26(31)28(21-22-11-8-7-9-12-22)24-15-13-23(14-16-24)25(29)30;/h7-9,11-16H,3-6,10,17-21H2,1-2H3,(H,29,30);1H. The van der Waals surface area contributed by atoms with Gasteiger partial charge in [-0.05, 0) is 62.2 Å². The number of carboxylic acid groups (broad SMARTS) is 1. The van der Waals surface area contributed by atoms with Crippen LogP contribution in [0.15, 0.2) is 54.6 Å². The van der Waals surface area contributed by atoms with E-state index in [4.69, 9.17) is 9.84 Å². The van der Waals surface area contributed by atoms with Gasteiger partial charge >= 0.3 is 12.1 Å². The molecule has 0 heterocycles. The second-order valence-electron chi connectivity index (χ2n) is 7.94. The Bertz CT molecular complexity index is 807. The van der Waals surface area contributed by atoms with Crippen molar-refractivity contribution in [2.45, 2.75) is 52.5 Å². The lowest BCUT2D eigenvalue weighted by atomic mass is 10.1. The lowest BCUT2D eigenvalue weighted by molar-refractivity contribution is 0.0697. The zero-order chi connectivity index (χ0) is 23.2. The van der Waals surface area contributed by atoms with E-state index in [2.05, 4.69) is 18.7 Å². The molecule has 1 N–H and O–H groups in total. The topological polar surface area (TPSA) is 70.1 Å². The van der Waals surface area contributed by atoms with Crippen LogP contribution >= 0.6 is 12.4 Å². The highest BCUT2D eigenvalue weighted by molar-refractivity contribution is 5.90. The van der Waals surface area contributed by atoms with E-state index >= 15 is 0 Å². The number of hydrogen-bond acceptors (Lipinski definition) is 4. The van der Waals surface area contributed by atoms with Gasteiger partial charge in [-0.1, -0.05) is 57.0 Å². The molecule has 33 heavy (non-hydrogen) atoms. The summed E-state index contributed by atoms with van der Waals surface area (Å²) in [6.45, 7) is 8.19. The van der Waals surface area contributed by atoms with Gasteiger partial charge < -0.3 is 14.7 Å². The van der Waals surface area contributed by atoms with Crippen molar-refractivity contribution in [2.75, 3.05) is 31.1 Å². The lowest BCUT2D eigenvalue weighted by Gasteiger charge is -2.24. The molecule has 1 amide bonds. The van der Waals surface area contributed by atoms with Crippen LogP contribution in [0.25, 0.3) is 0 Å². The van der Waals surface area contributed by atoms with E-state index in [0.29, 0.717) is 18.8 Å². The van der Waals surface area contributed by atoms with Gasteiger partial charge in [-0.15, -0.1) is 12.4 Å². The molecule has 0 radical (unpaired) electrons. The highest BCUT2D eigenvalue weighted by Gasteiger charge is 2.18. The SMILES string of the molecule is CCCCN(CCCC)CCCOC(=O)N(Cc1ccccc1)c1ccc(C(=O)O)cc1.Cl. The van der Waals surface area contributed by atoms with Crippen LogP contribution in [0.4, 0.5) is 10.5 Å². The maximum atomic E-state index is 12.9. The average Bonchev–Trinajstić information content (AvgIpc) is 2.82. The number of ether oxygens (including phenoxy) is 1. The van der Waals surface area contributed by atoms with Crippen molar-refractivity contribution in [3.8, 4) is 0 Å². The minimum Gasteiger partial charge on any atom is -0.478 e. The van der Waals surface area contributed by atoms with Gasteiger partial charge in [0.05, 0.1) is 18.7 Å². The Kier molecular flexibility index (Phi) is 13.9. The monoisotopic (exact) mass is 476 g/mol. The van der Waals surface area contributed by atoms with Gasteiger partial charge in [-0.2, -0.15) is 0 Å². The fourth-order valence-electron chi connectivity index (χ4n) is 3.44. The predicted octanol–water partition coefficient (Wildman–Crippen LogP) is 6.24. The van der Waals surface area contributed by atoms with Crippen LogP contribution in [0.2, 0.25) is 0 Å². The molecule has 0 saturated carbocycles. The van der Waals surface area contributed by atoms with E-state index in [1.807, 2.05) is 30.3 Å². The van der Waals surface area contributed by atoms with Crippen LogP contribution < -0.4 is 4.90 Å². The molecule has 0 fully saturated rings. The zero-order valence-corrected chi connectivity index (χ0v) is 20.6. The first-order valence-electron chi connectivity index (χ1n) is 11.6. The Hall–Kier alpha value is -2.57. The van der Waals surface area contributed by atoms with Crippen LogP contribution in [0.1, 0.15) is 61.9 Å². The molecule has 2 rings (SSSR count). The predicted molar refractivity (Wildman–Crippen MR) is 135 cm³/mol. The highest BCUT2D eigenvalue weighted by atomic mass is 35.5. The maximum absolute atomic E-state index is 12.9. The molecule has 6 nitrogen and oxygen atoms in total. The number of hydrogen-bond donors (Lipinski definition) is 1. The highest BCUT2D eigenvalue weighted by Crippen LogP contribution is 2.20. The molecule has 0 atom stereocenters. The Morgan fingerprint density at radius 3 is 1.97 bits per heavy atom. The van der Waals surface area contributed by atoms with E-state index in [1.165, 1.54) is 37.8 Å². The summed E-state index contributed by atoms with van der Waals surface area (Å²) in [4.78, 5) is 28.1. The quantitative estimate of drug-likeness (QED) is 0.327. The summed E-state index contributed by atoms with van der Waals surface area (Å²) in [7, 11) is 0. The average molecular weight is 477 g/mol. The molecule has 2 aromatic rings. The molecule has 0 aliphatic rings. The molecule has 0 aliphatic carbocycles. The van der Waals surface area contributed by atoms with Crippen molar-refractivity contribution in [2.24, 2.45) is 0 Å². The minimum atomic E-state index is -0.996. The Labute approximate surface area is 204 Å². The summed E-state index contributed by atoms with van der Waals surface area (Å²) in [5.41, 5.74) is 1.76. The fourth-order valence-corrected chi connectivity index (χ4v) is 3.44. The minimum absolute atomic E-state index is 0. The number of anilines is 1. The molecule has 0 spiro atoms. The van der Waals surface area contributed by atoms with Crippen LogP contribution in [0, 0.1) is 0 Å². The second-order valence-corrected chi connectivity index (χ2v) is 7.94. The van der Waals surface area contributed by atoms with Crippen molar-refractivity contribution in [1.29, 1.82) is 0 Å². The third-order valence-electron chi connectivity index (χ3n) is 5.33. The third kappa shape index (κ3) is 10.3. The molecular formula is C26H37ClN2O4. The summed E-state index contributed by atoms with van der Waals surface area (Å²) < 4.78 is 5.61. The number of benzene rings is 2. The first-order chi connectivity index (χ1) is 15.5. The largest absolute Gasteiger partial charge is 0.478 e. The molecule has 0 aromatic heterocycles. The molecule has 0 bridgehead atoms. The van der Waals surface area contributed by atoms with Crippen LogP contribution in [0.5, 0.6) is 0 Å². The molecular weight excluding hydrogens is 440 g/mol. The molecule has 0 unspecified atom stereocenters. The number of aromatic carboxylic acids is 1. The fraction of sp³-hybridized carbons (Fsp3) is 0.462. The number of unbranched alkanes of at least 4 members (excludes halogenated alkanes) is 2. The van der Waals surface area contributed by atoms with Gasteiger partial charge in [-0.25, -0.2) is 9.59 Å². The normalized spacial score (nSPS) is 10.5. The number of carboxylic acids is 1. The number of nitrogens with zero attached hydrogens (tertiary/aromatic N) is 2. The summed E-state index contributed by atoms with van der Waals surface area (Å²) in [6, 6.07) is 16.0. The maximum Gasteiger partial charge on any atom is 0.414 e. The zero-order valence-electron chi connectivity index (χ0n) is 19.7. The summed E-state index contributed by atoms with van der Waals surface area (Å²) >= 11 is 0. The van der Waals surface area contributed by atoms with E-state index in [1.54, 1.807) is 17.0 Å². The first kappa shape index (κ1) is 28.5. The summed E-state index contributed by atoms with van der Waals surface area (Å²) in [6.07, 6.45) is 5.07.